The Hall–Kier alpha value is -2.74. The number of para-hydroxylation sites is 1. The number of amides is 1. The molecule has 0 spiro atoms. The Morgan fingerprint density at radius 1 is 1.19 bits per heavy atom. The van der Waals surface area contributed by atoms with Crippen molar-refractivity contribution in [1.82, 2.24) is 10.3 Å². The molecule has 2 heterocycles. The second-order valence-corrected chi connectivity index (χ2v) is 8.37. The molecule has 0 saturated heterocycles. The number of aromatic nitrogens is 1. The van der Waals surface area contributed by atoms with E-state index >= 15 is 0 Å². The van der Waals surface area contributed by atoms with Crippen LogP contribution in [0, 0.1) is 0 Å². The highest BCUT2D eigenvalue weighted by Gasteiger charge is 2.30. The second kappa shape index (κ2) is 7.87. The van der Waals surface area contributed by atoms with Gasteiger partial charge in [0.05, 0.1) is 18.0 Å². The molecular formula is C19H21N3O4S. The van der Waals surface area contributed by atoms with E-state index in [1.807, 2.05) is 12.1 Å². The van der Waals surface area contributed by atoms with Gasteiger partial charge in [-0.25, -0.2) is 8.42 Å². The van der Waals surface area contributed by atoms with Crippen molar-refractivity contribution < 1.29 is 18.0 Å². The first-order valence-electron chi connectivity index (χ1n) is 8.65. The van der Waals surface area contributed by atoms with Crippen LogP contribution < -0.4 is 9.62 Å². The van der Waals surface area contributed by atoms with Crippen molar-refractivity contribution in [3.8, 4) is 0 Å². The fourth-order valence-electron chi connectivity index (χ4n) is 3.19. The van der Waals surface area contributed by atoms with Gasteiger partial charge in [0.2, 0.25) is 15.9 Å². The number of sulfonamides is 1. The molecule has 27 heavy (non-hydrogen) atoms. The lowest BCUT2D eigenvalue weighted by molar-refractivity contribution is -0.121. The summed E-state index contributed by atoms with van der Waals surface area (Å²) in [5, 5.41) is 2.93. The monoisotopic (exact) mass is 387 g/mol. The predicted molar refractivity (Wildman–Crippen MR) is 102 cm³/mol. The van der Waals surface area contributed by atoms with Crippen molar-refractivity contribution in [2.75, 3.05) is 17.1 Å². The van der Waals surface area contributed by atoms with Gasteiger partial charge < -0.3 is 5.32 Å². The first kappa shape index (κ1) is 19.0. The number of hydrogen-bond acceptors (Lipinski definition) is 5. The number of anilines is 1. The average Bonchev–Trinajstić information content (AvgIpc) is 2.66. The highest BCUT2D eigenvalue weighted by molar-refractivity contribution is 7.92. The lowest BCUT2D eigenvalue weighted by atomic mass is 9.97. The summed E-state index contributed by atoms with van der Waals surface area (Å²) in [5.41, 5.74) is 1.83. The molecule has 2 aromatic rings. The number of carbonyl (C=O) groups is 2. The normalized spacial score (nSPS) is 16.5. The second-order valence-electron chi connectivity index (χ2n) is 6.47. The van der Waals surface area contributed by atoms with E-state index in [0.717, 1.165) is 5.56 Å². The van der Waals surface area contributed by atoms with E-state index in [2.05, 4.69) is 10.3 Å². The van der Waals surface area contributed by atoms with Gasteiger partial charge in [-0.1, -0.05) is 18.2 Å². The van der Waals surface area contributed by atoms with E-state index in [4.69, 9.17) is 0 Å². The van der Waals surface area contributed by atoms with E-state index in [0.29, 0.717) is 24.2 Å². The minimum atomic E-state index is -3.37. The SMILES string of the molecule is CS(=O)(=O)N1CCC(NC(=O)CCC(=O)c2cccnc2)c2ccccc21. The standard InChI is InChI=1S/C19H21N3O4S/c1-27(25,26)22-12-10-16(15-6-2-3-7-17(15)22)21-19(24)9-8-18(23)14-5-4-11-20-13-14/h2-7,11,13,16H,8-10,12H2,1H3,(H,21,24). The summed E-state index contributed by atoms with van der Waals surface area (Å²) in [6.45, 7) is 0.301. The van der Waals surface area contributed by atoms with Crippen LogP contribution in [-0.4, -0.2) is 37.9 Å². The van der Waals surface area contributed by atoms with Gasteiger partial charge in [0.15, 0.2) is 5.78 Å². The first-order valence-corrected chi connectivity index (χ1v) is 10.5. The smallest absolute Gasteiger partial charge is 0.232 e. The van der Waals surface area contributed by atoms with Crippen LogP contribution >= 0.6 is 0 Å². The van der Waals surface area contributed by atoms with Crippen molar-refractivity contribution in [1.29, 1.82) is 0 Å². The third-order valence-electron chi connectivity index (χ3n) is 4.50. The number of rotatable bonds is 6. The molecule has 1 atom stereocenters. The quantitative estimate of drug-likeness (QED) is 0.766. The molecule has 1 amide bonds. The summed E-state index contributed by atoms with van der Waals surface area (Å²) < 4.78 is 25.3. The average molecular weight is 387 g/mol. The largest absolute Gasteiger partial charge is 0.349 e. The predicted octanol–water partition coefficient (Wildman–Crippen LogP) is 2.07. The van der Waals surface area contributed by atoms with Crippen molar-refractivity contribution in [3.63, 3.8) is 0 Å². The Morgan fingerprint density at radius 2 is 1.96 bits per heavy atom. The van der Waals surface area contributed by atoms with Crippen LogP contribution in [0.15, 0.2) is 48.8 Å². The Bertz CT molecular complexity index is 944. The summed E-state index contributed by atoms with van der Waals surface area (Å²) in [5.74, 6) is -0.370. The number of Topliss-reactive ketones (excluding diaryl/α,β-unsaturated/α-hetero) is 1. The Labute approximate surface area is 158 Å². The maximum atomic E-state index is 12.3. The number of fused-ring (bicyclic) bond motifs is 1. The minimum Gasteiger partial charge on any atom is -0.349 e. The Kier molecular flexibility index (Phi) is 5.55. The van der Waals surface area contributed by atoms with Crippen LogP contribution in [0.25, 0.3) is 0 Å². The highest BCUT2D eigenvalue weighted by Crippen LogP contribution is 2.35. The van der Waals surface area contributed by atoms with Gasteiger partial charge in [-0.05, 0) is 30.2 Å². The number of hydrogen-bond donors (Lipinski definition) is 1. The number of nitrogens with one attached hydrogen (secondary N) is 1. The number of nitrogens with zero attached hydrogens (tertiary/aromatic N) is 2. The molecule has 1 N–H and O–H groups in total. The summed E-state index contributed by atoms with van der Waals surface area (Å²) >= 11 is 0. The van der Waals surface area contributed by atoms with Gasteiger partial charge in [0.25, 0.3) is 0 Å². The highest BCUT2D eigenvalue weighted by atomic mass is 32.2. The van der Waals surface area contributed by atoms with E-state index in [-0.39, 0.29) is 30.6 Å². The lowest BCUT2D eigenvalue weighted by Gasteiger charge is -2.34. The molecule has 1 aromatic heterocycles. The van der Waals surface area contributed by atoms with Crippen LogP contribution in [-0.2, 0) is 14.8 Å². The molecule has 3 rings (SSSR count). The van der Waals surface area contributed by atoms with Gasteiger partial charge in [-0.15, -0.1) is 0 Å². The first-order chi connectivity index (χ1) is 12.9. The number of ketones is 1. The van der Waals surface area contributed by atoms with Crippen LogP contribution in [0.1, 0.15) is 41.2 Å². The maximum Gasteiger partial charge on any atom is 0.232 e. The topological polar surface area (TPSA) is 96.4 Å². The van der Waals surface area contributed by atoms with Crippen molar-refractivity contribution >= 4 is 27.4 Å². The molecule has 1 aliphatic rings. The van der Waals surface area contributed by atoms with Crippen LogP contribution in [0.2, 0.25) is 0 Å². The molecular weight excluding hydrogens is 366 g/mol. The fourth-order valence-corrected chi connectivity index (χ4v) is 4.15. The van der Waals surface area contributed by atoms with Gasteiger partial charge in [-0.3, -0.25) is 18.9 Å². The van der Waals surface area contributed by atoms with E-state index in [9.17, 15) is 18.0 Å². The molecule has 0 fully saturated rings. The lowest BCUT2D eigenvalue weighted by Crippen LogP contribution is -2.40. The fraction of sp³-hybridized carbons (Fsp3) is 0.316. The number of benzene rings is 1. The van der Waals surface area contributed by atoms with Gasteiger partial charge >= 0.3 is 0 Å². The molecule has 1 aliphatic heterocycles. The zero-order valence-electron chi connectivity index (χ0n) is 15.0. The van der Waals surface area contributed by atoms with Crippen molar-refractivity contribution in [2.45, 2.75) is 25.3 Å². The van der Waals surface area contributed by atoms with Gasteiger partial charge in [-0.2, -0.15) is 0 Å². The van der Waals surface area contributed by atoms with E-state index < -0.39 is 10.0 Å². The third kappa shape index (κ3) is 4.51. The van der Waals surface area contributed by atoms with Crippen LogP contribution in [0.3, 0.4) is 0 Å². The zero-order chi connectivity index (χ0) is 19.4. The summed E-state index contributed by atoms with van der Waals surface area (Å²) in [7, 11) is -3.37. The van der Waals surface area contributed by atoms with E-state index in [1.165, 1.54) is 16.8 Å². The van der Waals surface area contributed by atoms with Crippen molar-refractivity contribution in [3.05, 3.63) is 59.9 Å². The molecule has 1 unspecified atom stereocenters. The molecule has 8 heteroatoms. The molecule has 0 bridgehead atoms. The molecule has 0 saturated carbocycles. The minimum absolute atomic E-state index is 0.0716. The molecule has 1 aromatic carbocycles. The summed E-state index contributed by atoms with van der Waals surface area (Å²) in [6.07, 6.45) is 4.89. The number of carbonyl (C=O) groups excluding carboxylic acids is 2. The Morgan fingerprint density at radius 3 is 2.67 bits per heavy atom. The molecule has 142 valence electrons. The maximum absolute atomic E-state index is 12.3. The summed E-state index contributed by atoms with van der Waals surface area (Å²) in [4.78, 5) is 28.3. The Balaban J connectivity index is 1.65. The molecule has 7 nitrogen and oxygen atoms in total. The van der Waals surface area contributed by atoms with Crippen LogP contribution in [0.5, 0.6) is 0 Å². The zero-order valence-corrected chi connectivity index (χ0v) is 15.8. The third-order valence-corrected chi connectivity index (χ3v) is 5.68. The van der Waals surface area contributed by atoms with Crippen LogP contribution in [0.4, 0.5) is 5.69 Å². The molecule has 0 aliphatic carbocycles. The van der Waals surface area contributed by atoms with Gasteiger partial charge in [0, 0.05) is 37.3 Å². The van der Waals surface area contributed by atoms with Gasteiger partial charge in [0.1, 0.15) is 0 Å². The molecule has 0 radical (unpaired) electrons. The number of pyridine rings is 1. The van der Waals surface area contributed by atoms with E-state index in [1.54, 1.807) is 30.5 Å². The van der Waals surface area contributed by atoms with Crippen molar-refractivity contribution in [2.24, 2.45) is 0 Å². The summed E-state index contributed by atoms with van der Waals surface area (Å²) in [6, 6.07) is 10.2.